The minimum Gasteiger partial charge on any atom is -0.316 e. The van der Waals surface area contributed by atoms with Crippen molar-refractivity contribution < 1.29 is 0 Å². The van der Waals surface area contributed by atoms with Crippen LogP contribution in [0.2, 0.25) is 0 Å². The Hall–Kier alpha value is -1.32. The summed E-state index contributed by atoms with van der Waals surface area (Å²) < 4.78 is 0. The van der Waals surface area contributed by atoms with Crippen LogP contribution in [0.3, 0.4) is 0 Å². The maximum absolute atomic E-state index is 8.41. The van der Waals surface area contributed by atoms with Gasteiger partial charge in [0.15, 0.2) is 0 Å². The summed E-state index contributed by atoms with van der Waals surface area (Å²) in [5.41, 5.74) is 1.19. The molecule has 0 radical (unpaired) electrons. The van der Waals surface area contributed by atoms with Crippen LogP contribution in [-0.2, 0) is 0 Å². The molecule has 0 fully saturated rings. The maximum atomic E-state index is 8.41. The van der Waals surface area contributed by atoms with Gasteiger partial charge < -0.3 is 5.32 Å². The van der Waals surface area contributed by atoms with Crippen LogP contribution in [0, 0.1) is 22.7 Å². The Morgan fingerprint density at radius 1 is 0.938 bits per heavy atom. The van der Waals surface area contributed by atoms with Crippen molar-refractivity contribution in [3.8, 4) is 12.1 Å². The summed E-state index contributed by atoms with van der Waals surface area (Å²) in [4.78, 5) is 0. The lowest BCUT2D eigenvalue weighted by Gasteiger charge is -2.04. The van der Waals surface area contributed by atoms with Gasteiger partial charge in [-0.3, -0.25) is 0 Å². The average molecular weight is 219 g/mol. The Bertz CT molecular complexity index is 257. The predicted octanol–water partition coefficient (Wildman–Crippen LogP) is 2.91. The topological polar surface area (TPSA) is 59.6 Å². The van der Waals surface area contributed by atoms with E-state index in [1.807, 2.05) is 0 Å². The first kappa shape index (κ1) is 14.7. The molecule has 0 heterocycles. The third-order valence-electron chi connectivity index (χ3n) is 2.39. The molecule has 0 spiro atoms. The third kappa shape index (κ3) is 10.8. The number of hydrogen-bond acceptors (Lipinski definition) is 3. The Kier molecular flexibility index (Phi) is 10.8. The second kappa shape index (κ2) is 11.8. The molecular weight excluding hydrogens is 198 g/mol. The highest BCUT2D eigenvalue weighted by Crippen LogP contribution is 2.11. The molecule has 88 valence electrons. The molecule has 0 aromatic heterocycles. The van der Waals surface area contributed by atoms with Gasteiger partial charge in [0.2, 0.25) is 0 Å². The number of hydrogen-bond donors (Lipinski definition) is 1. The van der Waals surface area contributed by atoms with E-state index >= 15 is 0 Å². The first-order valence-corrected chi connectivity index (χ1v) is 5.92. The highest BCUT2D eigenvalue weighted by atomic mass is 14.8. The zero-order valence-corrected chi connectivity index (χ0v) is 9.97. The van der Waals surface area contributed by atoms with Gasteiger partial charge in [-0.2, -0.15) is 10.5 Å². The fraction of sp³-hybridized carbons (Fsp3) is 0.692. The Morgan fingerprint density at radius 2 is 1.69 bits per heavy atom. The van der Waals surface area contributed by atoms with Crippen LogP contribution in [0.25, 0.3) is 0 Å². The molecule has 0 aliphatic rings. The van der Waals surface area contributed by atoms with Gasteiger partial charge in [0.05, 0.1) is 12.1 Å². The largest absolute Gasteiger partial charge is 0.316 e. The van der Waals surface area contributed by atoms with Gasteiger partial charge in [-0.1, -0.05) is 18.6 Å². The first-order valence-electron chi connectivity index (χ1n) is 5.92. The zero-order valence-electron chi connectivity index (χ0n) is 9.97. The van der Waals surface area contributed by atoms with Gasteiger partial charge in [-0.15, -0.1) is 0 Å². The van der Waals surface area contributed by atoms with Crippen LogP contribution in [0.15, 0.2) is 12.2 Å². The number of nitrogens with one attached hydrogen (secondary N) is 1. The minimum absolute atomic E-state index is 0.588. The standard InChI is InChI=1S/C13H21N3/c1-13(8-5-9-14)7-3-2-4-11-16-12-6-10-15/h16H,1-8,11-12H2. The van der Waals surface area contributed by atoms with E-state index in [2.05, 4.69) is 24.0 Å². The highest BCUT2D eigenvalue weighted by molar-refractivity contribution is 4.96. The van der Waals surface area contributed by atoms with E-state index in [0.29, 0.717) is 12.8 Å². The lowest BCUT2D eigenvalue weighted by atomic mass is 10.0. The van der Waals surface area contributed by atoms with E-state index in [9.17, 15) is 0 Å². The molecule has 0 saturated carbocycles. The molecule has 3 heteroatoms. The summed E-state index contributed by atoms with van der Waals surface area (Å²) in [5.74, 6) is 0. The van der Waals surface area contributed by atoms with Crippen LogP contribution >= 0.6 is 0 Å². The van der Waals surface area contributed by atoms with Crippen LogP contribution in [0.5, 0.6) is 0 Å². The summed E-state index contributed by atoms with van der Waals surface area (Å²) in [6, 6.07) is 4.24. The van der Waals surface area contributed by atoms with E-state index in [1.165, 1.54) is 12.0 Å². The number of allylic oxidation sites excluding steroid dienone is 1. The number of rotatable bonds is 10. The molecule has 0 bridgehead atoms. The summed E-state index contributed by atoms with van der Waals surface area (Å²) in [5, 5.41) is 19.9. The van der Waals surface area contributed by atoms with Crippen molar-refractivity contribution in [2.24, 2.45) is 0 Å². The number of nitriles is 2. The monoisotopic (exact) mass is 219 g/mol. The van der Waals surface area contributed by atoms with Crippen molar-refractivity contribution >= 4 is 0 Å². The second-order valence-electron chi connectivity index (χ2n) is 3.88. The molecule has 0 amide bonds. The summed E-state index contributed by atoms with van der Waals surface area (Å²) in [6.45, 7) is 5.74. The molecule has 0 saturated heterocycles. The SMILES string of the molecule is C=C(CCC#N)CCCCCNCCC#N. The molecule has 0 aliphatic carbocycles. The Balaban J connectivity index is 3.12. The quantitative estimate of drug-likeness (QED) is 0.454. The van der Waals surface area contributed by atoms with Gasteiger partial charge in [0.25, 0.3) is 0 Å². The van der Waals surface area contributed by atoms with Crippen molar-refractivity contribution in [2.75, 3.05) is 13.1 Å². The van der Waals surface area contributed by atoms with Crippen molar-refractivity contribution in [1.29, 1.82) is 10.5 Å². The van der Waals surface area contributed by atoms with Gasteiger partial charge in [0.1, 0.15) is 0 Å². The summed E-state index contributed by atoms with van der Waals surface area (Å²) in [7, 11) is 0. The molecular formula is C13H21N3. The van der Waals surface area contributed by atoms with Gasteiger partial charge in [-0.05, 0) is 32.2 Å². The van der Waals surface area contributed by atoms with E-state index < -0.39 is 0 Å². The maximum Gasteiger partial charge on any atom is 0.0635 e. The fourth-order valence-corrected chi connectivity index (χ4v) is 1.43. The average Bonchev–Trinajstić information content (AvgIpc) is 2.30. The Morgan fingerprint density at radius 3 is 2.38 bits per heavy atom. The molecule has 0 aromatic carbocycles. The van der Waals surface area contributed by atoms with Crippen molar-refractivity contribution in [3.63, 3.8) is 0 Å². The lowest BCUT2D eigenvalue weighted by Crippen LogP contribution is -2.15. The lowest BCUT2D eigenvalue weighted by molar-refractivity contribution is 0.603. The zero-order chi connectivity index (χ0) is 12.1. The summed E-state index contributed by atoms with van der Waals surface area (Å²) in [6.07, 6.45) is 6.56. The van der Waals surface area contributed by atoms with Gasteiger partial charge in [0, 0.05) is 19.4 Å². The number of unbranched alkanes of at least 4 members (excludes halogenated alkanes) is 2. The van der Waals surface area contributed by atoms with Crippen LogP contribution < -0.4 is 5.32 Å². The molecule has 0 unspecified atom stereocenters. The highest BCUT2D eigenvalue weighted by Gasteiger charge is 1.95. The molecule has 0 aliphatic heterocycles. The van der Waals surface area contributed by atoms with Crippen molar-refractivity contribution in [1.82, 2.24) is 5.32 Å². The summed E-state index contributed by atoms with van der Waals surface area (Å²) >= 11 is 0. The molecule has 0 rings (SSSR count). The predicted molar refractivity (Wildman–Crippen MR) is 65.6 cm³/mol. The van der Waals surface area contributed by atoms with Crippen LogP contribution in [-0.4, -0.2) is 13.1 Å². The van der Waals surface area contributed by atoms with Crippen molar-refractivity contribution in [2.45, 2.75) is 44.9 Å². The third-order valence-corrected chi connectivity index (χ3v) is 2.39. The molecule has 16 heavy (non-hydrogen) atoms. The second-order valence-corrected chi connectivity index (χ2v) is 3.88. The van der Waals surface area contributed by atoms with Crippen molar-refractivity contribution in [3.05, 3.63) is 12.2 Å². The molecule has 0 atom stereocenters. The minimum atomic E-state index is 0.588. The van der Waals surface area contributed by atoms with Crippen LogP contribution in [0.4, 0.5) is 0 Å². The van der Waals surface area contributed by atoms with E-state index in [4.69, 9.17) is 10.5 Å². The molecule has 3 nitrogen and oxygen atoms in total. The number of nitrogens with zero attached hydrogens (tertiary/aromatic N) is 2. The molecule has 1 N–H and O–H groups in total. The smallest absolute Gasteiger partial charge is 0.0635 e. The van der Waals surface area contributed by atoms with E-state index in [1.54, 1.807) is 0 Å². The van der Waals surface area contributed by atoms with Gasteiger partial charge in [-0.25, -0.2) is 0 Å². The first-order chi connectivity index (χ1) is 7.81. The van der Waals surface area contributed by atoms with Crippen LogP contribution in [0.1, 0.15) is 44.9 Å². The Labute approximate surface area is 98.8 Å². The van der Waals surface area contributed by atoms with E-state index in [-0.39, 0.29) is 0 Å². The molecule has 0 aromatic rings. The van der Waals surface area contributed by atoms with Gasteiger partial charge >= 0.3 is 0 Å². The normalized spacial score (nSPS) is 9.38. The fourth-order valence-electron chi connectivity index (χ4n) is 1.43. The van der Waals surface area contributed by atoms with E-state index in [0.717, 1.165) is 38.8 Å².